The van der Waals surface area contributed by atoms with E-state index in [1.54, 1.807) is 6.07 Å². The predicted molar refractivity (Wildman–Crippen MR) is 65.9 cm³/mol. The van der Waals surface area contributed by atoms with Crippen LogP contribution < -0.4 is 0 Å². The molecule has 90 valence electrons. The molecule has 0 fully saturated rings. The van der Waals surface area contributed by atoms with Crippen LogP contribution in [0.2, 0.25) is 0 Å². The molecule has 0 aliphatic rings. The maximum Gasteiger partial charge on any atom is 0.304 e. The van der Waals surface area contributed by atoms with Gasteiger partial charge in [-0.3, -0.25) is 4.79 Å². The Morgan fingerprint density at radius 1 is 1.59 bits per heavy atom. The van der Waals surface area contributed by atoms with Gasteiger partial charge in [0.05, 0.1) is 12.0 Å². The number of carboxylic acids is 1. The first kappa shape index (κ1) is 13.5. The molecule has 0 saturated heterocycles. The van der Waals surface area contributed by atoms with Gasteiger partial charge in [0.15, 0.2) is 0 Å². The number of nitrogens with zero attached hydrogens (tertiary/aromatic N) is 2. The Morgan fingerprint density at radius 2 is 2.35 bits per heavy atom. The first-order chi connectivity index (χ1) is 8.17. The van der Waals surface area contributed by atoms with E-state index in [9.17, 15) is 4.79 Å². The molecule has 0 bridgehead atoms. The minimum Gasteiger partial charge on any atom is -0.481 e. The molecule has 1 aromatic rings. The number of nitriles is 1. The Balaban J connectivity index is 2.76. The van der Waals surface area contributed by atoms with E-state index in [1.807, 2.05) is 6.07 Å². The average molecular weight is 250 g/mol. The summed E-state index contributed by atoms with van der Waals surface area (Å²) < 4.78 is 0. The Labute approximate surface area is 105 Å². The van der Waals surface area contributed by atoms with Gasteiger partial charge in [0, 0.05) is 11.4 Å². The summed E-state index contributed by atoms with van der Waals surface area (Å²) in [6.45, 7) is 2.07. The molecule has 1 rings (SSSR count). The van der Waals surface area contributed by atoms with Crippen molar-refractivity contribution < 1.29 is 9.90 Å². The second-order valence-corrected chi connectivity index (χ2v) is 4.59. The Hall–Kier alpha value is -1.54. The second kappa shape index (κ2) is 6.92. The lowest BCUT2D eigenvalue weighted by Crippen LogP contribution is -1.98. The van der Waals surface area contributed by atoms with E-state index < -0.39 is 5.97 Å². The molecule has 0 amide bonds. The van der Waals surface area contributed by atoms with Gasteiger partial charge < -0.3 is 5.11 Å². The fourth-order valence-electron chi connectivity index (χ4n) is 1.30. The Morgan fingerprint density at radius 3 is 2.94 bits per heavy atom. The number of carbonyl (C=O) groups is 1. The van der Waals surface area contributed by atoms with Crippen molar-refractivity contribution in [3.63, 3.8) is 0 Å². The van der Waals surface area contributed by atoms with Crippen molar-refractivity contribution in [1.29, 1.82) is 5.26 Å². The zero-order valence-electron chi connectivity index (χ0n) is 9.64. The maximum absolute atomic E-state index is 10.4. The van der Waals surface area contributed by atoms with Crippen LogP contribution in [0.25, 0.3) is 0 Å². The van der Waals surface area contributed by atoms with Gasteiger partial charge in [0.25, 0.3) is 0 Å². The molecule has 1 heterocycles. The van der Waals surface area contributed by atoms with Crippen LogP contribution in [-0.2, 0) is 11.2 Å². The van der Waals surface area contributed by atoms with Crippen LogP contribution in [0.15, 0.2) is 17.2 Å². The SMILES string of the molecule is CCCc1ccc(C#N)c(SCCC(=O)O)n1. The van der Waals surface area contributed by atoms with Crippen molar-refractivity contribution >= 4 is 17.7 Å². The lowest BCUT2D eigenvalue weighted by atomic mass is 10.2. The molecule has 17 heavy (non-hydrogen) atoms. The molecule has 0 radical (unpaired) electrons. The van der Waals surface area contributed by atoms with Gasteiger partial charge in [-0.25, -0.2) is 4.98 Å². The van der Waals surface area contributed by atoms with Crippen molar-refractivity contribution in [3.05, 3.63) is 23.4 Å². The molecule has 1 N–H and O–H groups in total. The molecule has 5 heteroatoms. The number of aryl methyl sites for hydroxylation is 1. The van der Waals surface area contributed by atoms with Gasteiger partial charge >= 0.3 is 5.97 Å². The molecule has 0 spiro atoms. The number of rotatable bonds is 6. The van der Waals surface area contributed by atoms with Crippen LogP contribution in [0.1, 0.15) is 31.0 Å². The van der Waals surface area contributed by atoms with Crippen LogP contribution in [0.3, 0.4) is 0 Å². The highest BCUT2D eigenvalue weighted by Gasteiger charge is 2.07. The van der Waals surface area contributed by atoms with Gasteiger partial charge in [-0.1, -0.05) is 13.3 Å². The van der Waals surface area contributed by atoms with Crippen molar-refractivity contribution in [2.45, 2.75) is 31.2 Å². The van der Waals surface area contributed by atoms with E-state index in [1.165, 1.54) is 11.8 Å². The monoisotopic (exact) mass is 250 g/mol. The van der Waals surface area contributed by atoms with Crippen molar-refractivity contribution in [2.24, 2.45) is 0 Å². The Kier molecular flexibility index (Phi) is 5.50. The summed E-state index contributed by atoms with van der Waals surface area (Å²) >= 11 is 1.33. The van der Waals surface area contributed by atoms with E-state index >= 15 is 0 Å². The molecule has 0 saturated carbocycles. The molecule has 4 nitrogen and oxygen atoms in total. The van der Waals surface area contributed by atoms with Gasteiger partial charge in [-0.05, 0) is 18.6 Å². The zero-order valence-corrected chi connectivity index (χ0v) is 10.5. The summed E-state index contributed by atoms with van der Waals surface area (Å²) in [6, 6.07) is 5.67. The number of pyridine rings is 1. The van der Waals surface area contributed by atoms with Gasteiger partial charge in [0.1, 0.15) is 11.1 Å². The molecular formula is C12H14N2O2S. The lowest BCUT2D eigenvalue weighted by Gasteiger charge is -2.04. The summed E-state index contributed by atoms with van der Waals surface area (Å²) in [6.07, 6.45) is 1.95. The number of thioether (sulfide) groups is 1. The first-order valence-electron chi connectivity index (χ1n) is 5.42. The van der Waals surface area contributed by atoms with E-state index in [0.717, 1.165) is 18.5 Å². The molecule has 0 aromatic carbocycles. The van der Waals surface area contributed by atoms with Gasteiger partial charge in [-0.2, -0.15) is 5.26 Å². The van der Waals surface area contributed by atoms with Crippen LogP contribution in [0, 0.1) is 11.3 Å². The molecule has 0 atom stereocenters. The van der Waals surface area contributed by atoms with Crippen molar-refractivity contribution in [2.75, 3.05) is 5.75 Å². The third-order valence-corrected chi connectivity index (χ3v) is 3.09. The fourth-order valence-corrected chi connectivity index (χ4v) is 2.23. The summed E-state index contributed by atoms with van der Waals surface area (Å²) in [5.74, 6) is -0.396. The van der Waals surface area contributed by atoms with Crippen molar-refractivity contribution in [1.82, 2.24) is 4.98 Å². The fraction of sp³-hybridized carbons (Fsp3) is 0.417. The lowest BCUT2D eigenvalue weighted by molar-refractivity contribution is -0.136. The minimum absolute atomic E-state index is 0.0786. The summed E-state index contributed by atoms with van der Waals surface area (Å²) in [5.41, 5.74) is 1.46. The number of aliphatic carboxylic acids is 1. The standard InChI is InChI=1S/C12H14N2O2S/c1-2-3-10-5-4-9(8-13)12(14-10)17-7-6-11(15)16/h4-5H,2-3,6-7H2,1H3,(H,15,16). The summed E-state index contributed by atoms with van der Waals surface area (Å²) in [4.78, 5) is 14.8. The zero-order chi connectivity index (χ0) is 12.7. The molecule has 0 aliphatic carbocycles. The van der Waals surface area contributed by atoms with E-state index in [4.69, 9.17) is 10.4 Å². The smallest absolute Gasteiger partial charge is 0.304 e. The Bertz CT molecular complexity index is 441. The average Bonchev–Trinajstić information content (AvgIpc) is 2.29. The topological polar surface area (TPSA) is 74.0 Å². The number of hydrogen-bond donors (Lipinski definition) is 1. The van der Waals surface area contributed by atoms with E-state index in [2.05, 4.69) is 18.0 Å². The molecule has 1 aromatic heterocycles. The maximum atomic E-state index is 10.4. The predicted octanol–water partition coefficient (Wildman–Crippen LogP) is 2.47. The van der Waals surface area contributed by atoms with E-state index in [0.29, 0.717) is 16.3 Å². The van der Waals surface area contributed by atoms with Crippen molar-refractivity contribution in [3.8, 4) is 6.07 Å². The summed E-state index contributed by atoms with van der Waals surface area (Å²) in [7, 11) is 0. The van der Waals surface area contributed by atoms with Crippen LogP contribution >= 0.6 is 11.8 Å². The highest BCUT2D eigenvalue weighted by Crippen LogP contribution is 2.21. The first-order valence-corrected chi connectivity index (χ1v) is 6.40. The van der Waals surface area contributed by atoms with Gasteiger partial charge in [0.2, 0.25) is 0 Å². The van der Waals surface area contributed by atoms with Crippen LogP contribution in [0.4, 0.5) is 0 Å². The van der Waals surface area contributed by atoms with Crippen LogP contribution in [0.5, 0.6) is 0 Å². The summed E-state index contributed by atoms with van der Waals surface area (Å²) in [5, 5.41) is 18.1. The van der Waals surface area contributed by atoms with E-state index in [-0.39, 0.29) is 6.42 Å². The largest absolute Gasteiger partial charge is 0.481 e. The highest BCUT2D eigenvalue weighted by atomic mass is 32.2. The van der Waals surface area contributed by atoms with Gasteiger partial charge in [-0.15, -0.1) is 11.8 Å². The molecular weight excluding hydrogens is 236 g/mol. The third kappa shape index (κ3) is 4.45. The minimum atomic E-state index is -0.833. The number of carboxylic acid groups (broad SMARTS) is 1. The molecule has 0 aliphatic heterocycles. The molecule has 0 unspecified atom stereocenters. The number of hydrogen-bond acceptors (Lipinski definition) is 4. The quantitative estimate of drug-likeness (QED) is 0.785. The normalized spacial score (nSPS) is 9.88. The van der Waals surface area contributed by atoms with Crippen LogP contribution in [-0.4, -0.2) is 21.8 Å². The third-order valence-electron chi connectivity index (χ3n) is 2.10. The number of aromatic nitrogens is 1. The highest BCUT2D eigenvalue weighted by molar-refractivity contribution is 7.99. The second-order valence-electron chi connectivity index (χ2n) is 3.51.